The Labute approximate surface area is 135 Å². The van der Waals surface area contributed by atoms with Gasteiger partial charge in [0, 0.05) is 19.2 Å². The maximum Gasteiger partial charge on any atom is 0.323 e. The Kier molecular flexibility index (Phi) is 7.18. The van der Waals surface area contributed by atoms with Crippen LogP contribution in [0.1, 0.15) is 23.7 Å². The van der Waals surface area contributed by atoms with E-state index in [9.17, 15) is 18.0 Å². The molecule has 0 atom stereocenters. The van der Waals surface area contributed by atoms with E-state index in [1.165, 1.54) is 36.3 Å². The maximum atomic E-state index is 12.3. The number of amides is 1. The van der Waals surface area contributed by atoms with Gasteiger partial charge >= 0.3 is 5.97 Å². The van der Waals surface area contributed by atoms with E-state index in [2.05, 4.69) is 0 Å². The predicted octanol–water partition coefficient (Wildman–Crippen LogP) is 1.04. The zero-order chi connectivity index (χ0) is 17.5. The Morgan fingerprint density at radius 3 is 2.30 bits per heavy atom. The highest BCUT2D eigenvalue weighted by molar-refractivity contribution is 7.91. The number of sulfone groups is 1. The van der Waals surface area contributed by atoms with Crippen molar-refractivity contribution in [2.75, 3.05) is 32.6 Å². The minimum absolute atomic E-state index is 0.0892. The van der Waals surface area contributed by atoms with Crippen molar-refractivity contribution in [2.45, 2.75) is 18.2 Å². The van der Waals surface area contributed by atoms with Crippen molar-refractivity contribution >= 4 is 21.7 Å². The average Bonchev–Trinajstić information content (AvgIpc) is 2.51. The molecule has 0 aliphatic carbocycles. The van der Waals surface area contributed by atoms with Gasteiger partial charge in [0.05, 0.1) is 17.3 Å². The molecule has 1 amide bonds. The molecule has 0 aromatic heterocycles. The fourth-order valence-corrected chi connectivity index (χ4v) is 3.16. The third kappa shape index (κ3) is 5.65. The quantitative estimate of drug-likeness (QED) is 0.719. The zero-order valence-electron chi connectivity index (χ0n) is 13.2. The normalized spacial score (nSPS) is 11.2. The summed E-state index contributed by atoms with van der Waals surface area (Å²) >= 11 is 0. The summed E-state index contributed by atoms with van der Waals surface area (Å²) < 4.78 is 28.8. The Hall–Kier alpha value is -1.93. The smallest absolute Gasteiger partial charge is 0.323 e. The summed E-state index contributed by atoms with van der Waals surface area (Å²) in [6.07, 6.45) is 0.627. The minimum atomic E-state index is -3.46. The standard InChI is InChI=1S/C15H21NO6S/c1-3-8-16(11-14(17)18)15(19)12-4-6-13(7-5-12)23(20,21)10-9-22-2/h4-7H,3,8-11H2,1-2H3,(H,17,18). The van der Waals surface area contributed by atoms with Crippen molar-refractivity contribution in [1.29, 1.82) is 0 Å². The van der Waals surface area contributed by atoms with Crippen LogP contribution in [0.2, 0.25) is 0 Å². The highest BCUT2D eigenvalue weighted by Gasteiger charge is 2.19. The van der Waals surface area contributed by atoms with E-state index < -0.39 is 21.7 Å². The van der Waals surface area contributed by atoms with E-state index in [0.717, 1.165) is 0 Å². The summed E-state index contributed by atoms with van der Waals surface area (Å²) in [5.74, 6) is -1.67. The highest BCUT2D eigenvalue weighted by Crippen LogP contribution is 2.14. The Morgan fingerprint density at radius 2 is 1.83 bits per heavy atom. The molecule has 0 aliphatic heterocycles. The molecule has 8 heteroatoms. The molecule has 0 saturated heterocycles. The van der Waals surface area contributed by atoms with Gasteiger partial charge in [-0.3, -0.25) is 9.59 Å². The fourth-order valence-electron chi connectivity index (χ4n) is 1.98. The van der Waals surface area contributed by atoms with E-state index in [-0.39, 0.29) is 29.4 Å². The molecule has 0 fully saturated rings. The molecule has 1 N–H and O–H groups in total. The number of carboxylic acids is 1. The Bertz CT molecular complexity index is 638. The van der Waals surface area contributed by atoms with Gasteiger partial charge in [-0.1, -0.05) is 6.92 Å². The molecule has 0 spiro atoms. The molecule has 7 nitrogen and oxygen atoms in total. The molecule has 0 bridgehead atoms. The van der Waals surface area contributed by atoms with Gasteiger partial charge in [-0.05, 0) is 30.7 Å². The second kappa shape index (κ2) is 8.64. The van der Waals surface area contributed by atoms with E-state index >= 15 is 0 Å². The number of carbonyl (C=O) groups excluding carboxylic acids is 1. The van der Waals surface area contributed by atoms with Crippen molar-refractivity contribution in [3.63, 3.8) is 0 Å². The van der Waals surface area contributed by atoms with Gasteiger partial charge in [0.15, 0.2) is 9.84 Å². The number of hydrogen-bond donors (Lipinski definition) is 1. The first-order valence-corrected chi connectivity index (χ1v) is 8.80. The molecular formula is C15H21NO6S. The number of benzene rings is 1. The summed E-state index contributed by atoms with van der Waals surface area (Å²) in [6, 6.07) is 5.49. The van der Waals surface area contributed by atoms with Crippen LogP contribution >= 0.6 is 0 Å². The second-order valence-electron chi connectivity index (χ2n) is 4.96. The third-order valence-electron chi connectivity index (χ3n) is 3.12. The largest absolute Gasteiger partial charge is 0.480 e. The first kappa shape index (κ1) is 19.1. The van der Waals surface area contributed by atoms with Crippen molar-refractivity contribution in [2.24, 2.45) is 0 Å². The Balaban J connectivity index is 2.94. The van der Waals surface area contributed by atoms with Crippen LogP contribution in [0.4, 0.5) is 0 Å². The molecule has 23 heavy (non-hydrogen) atoms. The van der Waals surface area contributed by atoms with E-state index in [4.69, 9.17) is 9.84 Å². The van der Waals surface area contributed by atoms with Gasteiger partial charge in [-0.2, -0.15) is 0 Å². The summed E-state index contributed by atoms with van der Waals surface area (Å²) in [7, 11) is -2.04. The summed E-state index contributed by atoms with van der Waals surface area (Å²) in [5.41, 5.74) is 0.255. The number of nitrogens with zero attached hydrogens (tertiary/aromatic N) is 1. The third-order valence-corrected chi connectivity index (χ3v) is 4.82. The number of rotatable bonds is 9. The zero-order valence-corrected chi connectivity index (χ0v) is 14.0. The van der Waals surface area contributed by atoms with Gasteiger partial charge < -0.3 is 14.7 Å². The van der Waals surface area contributed by atoms with Gasteiger partial charge in [0.25, 0.3) is 5.91 Å². The van der Waals surface area contributed by atoms with Crippen molar-refractivity contribution in [1.82, 2.24) is 4.90 Å². The van der Waals surface area contributed by atoms with Crippen LogP contribution in [0.3, 0.4) is 0 Å². The fraction of sp³-hybridized carbons (Fsp3) is 0.467. The van der Waals surface area contributed by atoms with Gasteiger partial charge in [-0.15, -0.1) is 0 Å². The predicted molar refractivity (Wildman–Crippen MR) is 84.2 cm³/mol. The van der Waals surface area contributed by atoms with Crippen molar-refractivity contribution in [3.05, 3.63) is 29.8 Å². The minimum Gasteiger partial charge on any atom is -0.480 e. The maximum absolute atomic E-state index is 12.3. The number of ether oxygens (including phenoxy) is 1. The lowest BCUT2D eigenvalue weighted by atomic mass is 10.2. The van der Waals surface area contributed by atoms with Gasteiger partial charge in [0.2, 0.25) is 0 Å². The lowest BCUT2D eigenvalue weighted by Crippen LogP contribution is -2.36. The topological polar surface area (TPSA) is 101 Å². The lowest BCUT2D eigenvalue weighted by molar-refractivity contribution is -0.137. The first-order chi connectivity index (χ1) is 10.8. The molecule has 0 saturated carbocycles. The molecule has 1 rings (SSSR count). The van der Waals surface area contributed by atoms with Gasteiger partial charge in [0.1, 0.15) is 6.54 Å². The molecule has 128 valence electrons. The van der Waals surface area contributed by atoms with Crippen LogP contribution in [0.15, 0.2) is 29.2 Å². The second-order valence-corrected chi connectivity index (χ2v) is 7.07. The van der Waals surface area contributed by atoms with E-state index in [0.29, 0.717) is 13.0 Å². The molecule has 0 radical (unpaired) electrons. The molecule has 1 aromatic rings. The number of carboxylic acid groups (broad SMARTS) is 1. The average molecular weight is 343 g/mol. The van der Waals surface area contributed by atoms with Crippen LogP contribution in [-0.2, 0) is 19.4 Å². The van der Waals surface area contributed by atoms with Crippen LogP contribution in [0.25, 0.3) is 0 Å². The Morgan fingerprint density at radius 1 is 1.22 bits per heavy atom. The lowest BCUT2D eigenvalue weighted by Gasteiger charge is -2.20. The monoisotopic (exact) mass is 343 g/mol. The van der Waals surface area contributed by atoms with E-state index in [1.807, 2.05) is 6.92 Å². The highest BCUT2D eigenvalue weighted by atomic mass is 32.2. The van der Waals surface area contributed by atoms with Crippen LogP contribution < -0.4 is 0 Å². The summed E-state index contributed by atoms with van der Waals surface area (Å²) in [5, 5.41) is 8.85. The van der Waals surface area contributed by atoms with Crippen LogP contribution in [0, 0.1) is 0 Å². The van der Waals surface area contributed by atoms with Crippen LogP contribution in [0.5, 0.6) is 0 Å². The number of methoxy groups -OCH3 is 1. The molecule has 1 aromatic carbocycles. The first-order valence-electron chi connectivity index (χ1n) is 7.14. The molecular weight excluding hydrogens is 322 g/mol. The summed E-state index contributed by atoms with van der Waals surface area (Å²) in [6.45, 7) is 1.86. The van der Waals surface area contributed by atoms with E-state index in [1.54, 1.807) is 0 Å². The van der Waals surface area contributed by atoms with Gasteiger partial charge in [-0.25, -0.2) is 8.42 Å². The summed E-state index contributed by atoms with van der Waals surface area (Å²) in [4.78, 5) is 24.4. The van der Waals surface area contributed by atoms with Crippen molar-refractivity contribution < 1.29 is 27.9 Å². The molecule has 0 aliphatic rings. The molecule has 0 heterocycles. The number of hydrogen-bond acceptors (Lipinski definition) is 5. The molecule has 0 unspecified atom stereocenters. The van der Waals surface area contributed by atoms with Crippen LogP contribution in [-0.4, -0.2) is 62.9 Å². The number of aliphatic carboxylic acids is 1. The number of carbonyl (C=O) groups is 2. The van der Waals surface area contributed by atoms with Crippen molar-refractivity contribution in [3.8, 4) is 0 Å². The SMILES string of the molecule is CCCN(CC(=O)O)C(=O)c1ccc(S(=O)(=O)CCOC)cc1.